The number of hydrogen-bond acceptors (Lipinski definition) is 10. The highest BCUT2D eigenvalue weighted by atomic mass is 31.3. The summed E-state index contributed by atoms with van der Waals surface area (Å²) in [6.45, 7) is 0. The van der Waals surface area contributed by atoms with E-state index in [1.807, 2.05) is 10.9 Å². The number of hydrogen-bond donors (Lipinski definition) is 6. The average molecular weight is 492 g/mol. The van der Waals surface area contributed by atoms with Crippen molar-refractivity contribution < 1.29 is 56.3 Å². The van der Waals surface area contributed by atoms with Gasteiger partial charge in [-0.3, -0.25) is 18.9 Å². The molecular weight excluding hydrogens is 477 g/mol. The van der Waals surface area contributed by atoms with Crippen molar-refractivity contribution in [3.63, 3.8) is 0 Å². The summed E-state index contributed by atoms with van der Waals surface area (Å²) in [4.78, 5) is 60.6. The van der Waals surface area contributed by atoms with Gasteiger partial charge in [0.1, 0.15) is 12.3 Å². The molecule has 6 N–H and O–H groups in total. The van der Waals surface area contributed by atoms with E-state index in [0.717, 1.165) is 16.8 Å². The maximum atomic E-state index is 11.9. The van der Waals surface area contributed by atoms with Crippen molar-refractivity contribution in [2.45, 2.75) is 31.0 Å². The second-order valence-corrected chi connectivity index (χ2v) is 10.0. The van der Waals surface area contributed by atoms with Crippen molar-refractivity contribution in [2.75, 3.05) is 0 Å². The predicted octanol–water partition coefficient (Wildman–Crippen LogP) is -1.47. The van der Waals surface area contributed by atoms with E-state index in [1.165, 1.54) is 0 Å². The van der Waals surface area contributed by atoms with Crippen molar-refractivity contribution >= 4 is 23.5 Å². The molecule has 30 heavy (non-hydrogen) atoms. The van der Waals surface area contributed by atoms with Gasteiger partial charge in [0, 0.05) is 18.7 Å². The number of aliphatic hydroxyl groups is 1. The van der Waals surface area contributed by atoms with E-state index in [4.69, 9.17) is 25.8 Å². The molecule has 0 aliphatic carbocycles. The summed E-state index contributed by atoms with van der Waals surface area (Å²) < 4.78 is 51.7. The first kappa shape index (κ1) is 24.8. The Bertz CT molecular complexity index is 1080. The highest BCUT2D eigenvalue weighted by molar-refractivity contribution is 7.66. The van der Waals surface area contributed by atoms with Crippen molar-refractivity contribution in [1.29, 1.82) is 0 Å². The minimum absolute atomic E-state index is 0.269. The highest BCUT2D eigenvalue weighted by Gasteiger charge is 2.46. The van der Waals surface area contributed by atoms with Gasteiger partial charge in [0.25, 0.3) is 5.56 Å². The first-order chi connectivity index (χ1) is 13.6. The van der Waals surface area contributed by atoms with Crippen LogP contribution in [-0.2, 0) is 31.6 Å². The van der Waals surface area contributed by atoms with Gasteiger partial charge in [-0.05, 0) is 0 Å². The molecule has 0 spiro atoms. The summed E-state index contributed by atoms with van der Waals surface area (Å²) in [6.07, 6.45) is -0.130. The van der Waals surface area contributed by atoms with Gasteiger partial charge in [0.2, 0.25) is 0 Å². The number of aromatic nitrogens is 2. The number of nitrogens with one attached hydrogen (secondary N) is 1. The van der Waals surface area contributed by atoms with Gasteiger partial charge in [-0.25, -0.2) is 18.5 Å². The Morgan fingerprint density at radius 1 is 1.20 bits per heavy atom. The molecule has 0 amide bonds. The molecule has 0 radical (unpaired) electrons. The number of aromatic amines is 1. The van der Waals surface area contributed by atoms with E-state index >= 15 is 0 Å². The Hall–Kier alpha value is -1.43. The largest absolute Gasteiger partial charge is 0.490 e. The number of H-pyrrole nitrogens is 1. The van der Waals surface area contributed by atoms with Gasteiger partial charge in [-0.1, -0.05) is 5.92 Å². The number of nitrogens with zero attached hydrogens (tertiary/aromatic N) is 1. The van der Waals surface area contributed by atoms with E-state index in [9.17, 15) is 33.3 Å². The third kappa shape index (κ3) is 6.79. The predicted molar refractivity (Wildman–Crippen MR) is 93.4 cm³/mol. The topological polar surface area (TPSA) is 244 Å². The lowest BCUT2D eigenvalue weighted by Gasteiger charge is -2.24. The van der Waals surface area contributed by atoms with E-state index in [1.54, 1.807) is 0 Å². The Morgan fingerprint density at radius 3 is 2.37 bits per heavy atom. The number of phosphoric ester groups is 1. The van der Waals surface area contributed by atoms with Crippen LogP contribution in [-0.4, -0.2) is 52.5 Å². The van der Waals surface area contributed by atoms with E-state index < -0.39 is 59.3 Å². The highest BCUT2D eigenvalue weighted by Crippen LogP contribution is 2.66. The Balaban J connectivity index is 2.15. The fourth-order valence-electron chi connectivity index (χ4n) is 2.40. The standard InChI is InChI=1S/C11H15N2O14P3/c1-2-7(25-29(20,21)27-30(22,23)26-28(17,18)19)10-6(14)5-9(24-10)13-4-3-8(15)12-11(13)16/h1,3-4,6-7,9-10,14H,5H2,(H,20,21)(H,22,23)(H,12,15,16)(H2,17,18,19)/t6-,7?,9+,10-/m0/s1. The van der Waals surface area contributed by atoms with Gasteiger partial charge < -0.3 is 29.4 Å². The zero-order valence-corrected chi connectivity index (χ0v) is 17.1. The summed E-state index contributed by atoms with van der Waals surface area (Å²) >= 11 is 0. The molecule has 168 valence electrons. The Kier molecular flexibility index (Phi) is 7.43. The van der Waals surface area contributed by atoms with Gasteiger partial charge in [0.15, 0.2) is 6.10 Å². The minimum Gasteiger partial charge on any atom is -0.390 e. The quantitative estimate of drug-likeness (QED) is 0.179. The fourth-order valence-corrected chi connectivity index (χ4v) is 5.53. The molecule has 19 heteroatoms. The van der Waals surface area contributed by atoms with Crippen molar-refractivity contribution in [2.24, 2.45) is 0 Å². The summed E-state index contributed by atoms with van der Waals surface area (Å²) in [5.74, 6) is 1.83. The number of ether oxygens (including phenoxy) is 1. The third-order valence-electron chi connectivity index (χ3n) is 3.42. The van der Waals surface area contributed by atoms with Gasteiger partial charge in [-0.2, -0.15) is 8.62 Å². The van der Waals surface area contributed by atoms with Crippen LogP contribution >= 0.6 is 23.5 Å². The number of terminal acetylenes is 1. The SMILES string of the molecule is C#CC(OP(=O)(O)OP(=O)(O)OP(=O)(O)O)[C@H]1O[C@@H](n2ccc(=O)[nH]c2=O)C[C@@H]1O. The molecule has 1 saturated heterocycles. The van der Waals surface area contributed by atoms with Crippen LogP contribution < -0.4 is 11.2 Å². The Morgan fingerprint density at radius 2 is 1.83 bits per heavy atom. The molecule has 3 unspecified atom stereocenters. The summed E-state index contributed by atoms with van der Waals surface area (Å²) in [5, 5.41) is 10.1. The van der Waals surface area contributed by atoms with Gasteiger partial charge in [0.05, 0.1) is 6.10 Å². The van der Waals surface area contributed by atoms with Crippen LogP contribution in [0.1, 0.15) is 12.6 Å². The minimum atomic E-state index is -5.77. The smallest absolute Gasteiger partial charge is 0.390 e. The van der Waals surface area contributed by atoms with Crippen LogP contribution in [0.4, 0.5) is 0 Å². The molecule has 1 fully saturated rings. The first-order valence-electron chi connectivity index (χ1n) is 7.56. The molecule has 1 aromatic heterocycles. The monoisotopic (exact) mass is 492 g/mol. The van der Waals surface area contributed by atoms with Crippen LogP contribution in [0.15, 0.2) is 21.9 Å². The molecule has 16 nitrogen and oxygen atoms in total. The second kappa shape index (κ2) is 8.97. The Labute approximate surface area is 166 Å². The third-order valence-corrected chi connectivity index (χ3v) is 7.24. The van der Waals surface area contributed by atoms with Gasteiger partial charge >= 0.3 is 29.2 Å². The van der Waals surface area contributed by atoms with E-state index in [2.05, 4.69) is 13.1 Å². The molecule has 0 bridgehead atoms. The number of phosphoric acid groups is 3. The van der Waals surface area contributed by atoms with E-state index in [0.29, 0.717) is 0 Å². The van der Waals surface area contributed by atoms with Crippen LogP contribution in [0, 0.1) is 12.3 Å². The summed E-state index contributed by atoms with van der Waals surface area (Å²) in [5.41, 5.74) is -1.58. The molecule has 6 atom stereocenters. The van der Waals surface area contributed by atoms with E-state index in [-0.39, 0.29) is 6.42 Å². The van der Waals surface area contributed by atoms with Crippen LogP contribution in [0.2, 0.25) is 0 Å². The zero-order chi connectivity index (χ0) is 22.9. The second-order valence-electron chi connectivity index (χ2n) is 5.66. The summed E-state index contributed by atoms with van der Waals surface area (Å²) in [6, 6.07) is 0.995. The number of aliphatic hydroxyl groups excluding tert-OH is 1. The first-order valence-corrected chi connectivity index (χ1v) is 12.1. The molecule has 2 rings (SSSR count). The molecule has 0 aromatic carbocycles. The van der Waals surface area contributed by atoms with Crippen molar-refractivity contribution in [1.82, 2.24) is 9.55 Å². The molecular formula is C11H15N2O14P3. The lowest BCUT2D eigenvalue weighted by atomic mass is 10.1. The fraction of sp³-hybridized carbons (Fsp3) is 0.455. The number of rotatable bonds is 8. The van der Waals surface area contributed by atoms with Crippen LogP contribution in [0.25, 0.3) is 0 Å². The van der Waals surface area contributed by atoms with Crippen molar-refractivity contribution in [3.05, 3.63) is 33.1 Å². The molecule has 1 aromatic rings. The normalized spacial score (nSPS) is 27.0. The molecule has 2 heterocycles. The molecule has 1 aliphatic heterocycles. The van der Waals surface area contributed by atoms with Crippen LogP contribution in [0.5, 0.6) is 0 Å². The van der Waals surface area contributed by atoms with Gasteiger partial charge in [-0.15, -0.1) is 6.42 Å². The van der Waals surface area contributed by atoms with Crippen molar-refractivity contribution in [3.8, 4) is 12.3 Å². The molecule has 0 saturated carbocycles. The zero-order valence-electron chi connectivity index (χ0n) is 14.4. The lowest BCUT2D eigenvalue weighted by Crippen LogP contribution is -2.35. The maximum Gasteiger partial charge on any atom is 0.490 e. The summed E-state index contributed by atoms with van der Waals surface area (Å²) in [7, 11) is -16.9. The molecule has 1 aliphatic rings. The lowest BCUT2D eigenvalue weighted by molar-refractivity contribution is -0.0637. The maximum absolute atomic E-state index is 11.9. The van der Waals surface area contributed by atoms with Crippen LogP contribution in [0.3, 0.4) is 0 Å². The average Bonchev–Trinajstić information content (AvgIpc) is 2.90.